The van der Waals surface area contributed by atoms with Gasteiger partial charge in [-0.3, -0.25) is 0 Å². The van der Waals surface area contributed by atoms with E-state index in [2.05, 4.69) is 34.3 Å². The topological polar surface area (TPSA) is 41.6 Å². The van der Waals surface area contributed by atoms with Gasteiger partial charge < -0.3 is 0 Å². The number of nitrogens with zero attached hydrogens (tertiary/aromatic N) is 2. The minimum Gasteiger partial charge on any atom is -0.197 e. The molecule has 0 aliphatic carbocycles. The van der Waals surface area contributed by atoms with E-state index in [9.17, 15) is 0 Å². The maximum absolute atomic E-state index is 3.96. The van der Waals surface area contributed by atoms with E-state index in [1.54, 1.807) is 6.20 Å². The number of nitrogens with one attached hydrogen (secondary N) is 1. The van der Waals surface area contributed by atoms with Gasteiger partial charge >= 0.3 is 0 Å². The Balaban J connectivity index is 2.55. The van der Waals surface area contributed by atoms with Crippen molar-refractivity contribution in [2.75, 3.05) is 0 Å². The fraction of sp³-hybridized carbons (Fsp3) is 0.300. The fourth-order valence-electron chi connectivity index (χ4n) is 1.08. The Morgan fingerprint density at radius 3 is 3.08 bits per heavy atom. The van der Waals surface area contributed by atoms with E-state index in [1.165, 1.54) is 0 Å². The van der Waals surface area contributed by atoms with Crippen LogP contribution < -0.4 is 0 Å². The second kappa shape index (κ2) is 5.12. The minimum absolute atomic E-state index is 0.832. The van der Waals surface area contributed by atoms with E-state index in [-0.39, 0.29) is 0 Å². The molecule has 3 heteroatoms. The largest absolute Gasteiger partial charge is 0.197 e. The summed E-state index contributed by atoms with van der Waals surface area (Å²) < 4.78 is 0. The zero-order chi connectivity index (χ0) is 9.52. The lowest BCUT2D eigenvalue weighted by Gasteiger charge is -1.97. The van der Waals surface area contributed by atoms with E-state index in [1.807, 2.05) is 6.08 Å². The quantitative estimate of drug-likeness (QED) is 0.424. The molecule has 0 atom stereocenters. The van der Waals surface area contributed by atoms with Gasteiger partial charge in [-0.2, -0.15) is 15.4 Å². The number of hydrogen-bond donors (Lipinski definition) is 1. The highest BCUT2D eigenvalue weighted by atomic mass is 15.3. The van der Waals surface area contributed by atoms with E-state index in [0.29, 0.717) is 0 Å². The van der Waals surface area contributed by atoms with Crippen LogP contribution in [-0.2, 0) is 0 Å². The van der Waals surface area contributed by atoms with E-state index in [0.717, 1.165) is 30.5 Å². The Labute approximate surface area is 77.9 Å². The second-order valence-electron chi connectivity index (χ2n) is 2.69. The summed E-state index contributed by atoms with van der Waals surface area (Å²) >= 11 is 0. The van der Waals surface area contributed by atoms with E-state index in [4.69, 9.17) is 0 Å². The van der Waals surface area contributed by atoms with Crippen LogP contribution in [0.25, 0.3) is 5.57 Å². The molecule has 0 saturated carbocycles. The molecule has 0 spiro atoms. The Bertz CT molecular complexity index is 305. The predicted molar refractivity (Wildman–Crippen MR) is 53.0 cm³/mol. The summed E-state index contributed by atoms with van der Waals surface area (Å²) in [6, 6.07) is 0. The number of aromatic nitrogens is 3. The Hall–Kier alpha value is -1.60. The number of allylic oxidation sites excluding steroid dienone is 2. The van der Waals surface area contributed by atoms with Crippen LogP contribution in [0.1, 0.15) is 25.0 Å². The first-order valence-electron chi connectivity index (χ1n) is 4.24. The highest BCUT2D eigenvalue weighted by molar-refractivity contribution is 5.60. The number of aromatic amines is 1. The van der Waals surface area contributed by atoms with Crippen molar-refractivity contribution in [2.45, 2.75) is 19.3 Å². The number of unbranched alkanes of at least 4 members (excludes halogenated alkanes) is 1. The van der Waals surface area contributed by atoms with E-state index < -0.39 is 0 Å². The average molecular weight is 175 g/mol. The molecule has 68 valence electrons. The van der Waals surface area contributed by atoms with Crippen LogP contribution in [0.4, 0.5) is 0 Å². The van der Waals surface area contributed by atoms with Gasteiger partial charge in [0.05, 0.1) is 6.20 Å². The average Bonchev–Trinajstić information content (AvgIpc) is 2.65. The zero-order valence-corrected chi connectivity index (χ0v) is 7.58. The van der Waals surface area contributed by atoms with Gasteiger partial charge in [-0.25, -0.2) is 0 Å². The molecular formula is C10H13N3. The maximum atomic E-state index is 3.96. The molecule has 0 aromatic carbocycles. The molecule has 1 heterocycles. The van der Waals surface area contributed by atoms with Crippen molar-refractivity contribution in [2.24, 2.45) is 0 Å². The molecule has 1 N–H and O–H groups in total. The third-order valence-corrected chi connectivity index (χ3v) is 1.77. The maximum Gasteiger partial charge on any atom is 0.116 e. The molecule has 0 fully saturated rings. The van der Waals surface area contributed by atoms with Crippen molar-refractivity contribution in [1.82, 2.24) is 15.4 Å². The molecule has 1 rings (SSSR count). The fourth-order valence-corrected chi connectivity index (χ4v) is 1.08. The van der Waals surface area contributed by atoms with Crippen LogP contribution in [0.3, 0.4) is 0 Å². The van der Waals surface area contributed by atoms with Crippen molar-refractivity contribution in [3.63, 3.8) is 0 Å². The standard InChI is InChI=1S/C10H13N3/c1-3-5-6-7-9(4-2)10-8-11-13-12-10/h3,8H,1-2,5-7H2,(H,11,12,13). The Kier molecular flexibility index (Phi) is 3.74. The molecule has 1 aromatic heterocycles. The molecular weight excluding hydrogens is 162 g/mol. The van der Waals surface area contributed by atoms with Crippen LogP contribution in [0.2, 0.25) is 0 Å². The predicted octanol–water partition coefficient (Wildman–Crippen LogP) is 2.33. The van der Waals surface area contributed by atoms with Gasteiger partial charge in [0, 0.05) is 5.57 Å². The van der Waals surface area contributed by atoms with Crippen LogP contribution in [-0.4, -0.2) is 15.4 Å². The SMILES string of the molecule is C=C=C(CCCC=C)c1cn[nH]n1. The van der Waals surface area contributed by atoms with Crippen molar-refractivity contribution in [3.8, 4) is 0 Å². The smallest absolute Gasteiger partial charge is 0.116 e. The van der Waals surface area contributed by atoms with Crippen molar-refractivity contribution in [1.29, 1.82) is 0 Å². The van der Waals surface area contributed by atoms with Gasteiger partial charge in [0.25, 0.3) is 0 Å². The first kappa shape index (κ1) is 9.49. The first-order valence-corrected chi connectivity index (χ1v) is 4.24. The summed E-state index contributed by atoms with van der Waals surface area (Å²) in [4.78, 5) is 0. The van der Waals surface area contributed by atoms with E-state index >= 15 is 0 Å². The zero-order valence-electron chi connectivity index (χ0n) is 7.58. The van der Waals surface area contributed by atoms with Crippen LogP contribution in [0.15, 0.2) is 31.2 Å². The lowest BCUT2D eigenvalue weighted by atomic mass is 10.1. The number of rotatable bonds is 5. The molecule has 0 aliphatic heterocycles. The van der Waals surface area contributed by atoms with Crippen molar-refractivity contribution in [3.05, 3.63) is 36.9 Å². The van der Waals surface area contributed by atoms with Crippen molar-refractivity contribution < 1.29 is 0 Å². The highest BCUT2D eigenvalue weighted by Gasteiger charge is 2.02. The highest BCUT2D eigenvalue weighted by Crippen LogP contribution is 2.15. The summed E-state index contributed by atoms with van der Waals surface area (Å²) in [7, 11) is 0. The summed E-state index contributed by atoms with van der Waals surface area (Å²) in [6.07, 6.45) is 6.56. The van der Waals surface area contributed by atoms with Gasteiger partial charge in [-0.05, 0) is 19.3 Å². The summed E-state index contributed by atoms with van der Waals surface area (Å²) in [6.45, 7) is 7.29. The van der Waals surface area contributed by atoms with Crippen molar-refractivity contribution >= 4 is 5.57 Å². The Morgan fingerprint density at radius 2 is 2.54 bits per heavy atom. The van der Waals surface area contributed by atoms with Gasteiger partial charge in [0.2, 0.25) is 0 Å². The monoisotopic (exact) mass is 175 g/mol. The van der Waals surface area contributed by atoms with Gasteiger partial charge in [0.15, 0.2) is 0 Å². The van der Waals surface area contributed by atoms with Crippen LogP contribution >= 0.6 is 0 Å². The molecule has 0 aliphatic rings. The number of hydrogen-bond acceptors (Lipinski definition) is 2. The lowest BCUT2D eigenvalue weighted by molar-refractivity contribution is 0.873. The Morgan fingerprint density at radius 1 is 1.69 bits per heavy atom. The summed E-state index contributed by atoms with van der Waals surface area (Å²) in [5, 5.41) is 10.3. The van der Waals surface area contributed by atoms with Gasteiger partial charge in [-0.1, -0.05) is 12.7 Å². The third-order valence-electron chi connectivity index (χ3n) is 1.77. The molecule has 13 heavy (non-hydrogen) atoms. The molecule has 0 saturated heterocycles. The molecule has 0 amide bonds. The second-order valence-corrected chi connectivity index (χ2v) is 2.69. The molecule has 0 radical (unpaired) electrons. The van der Waals surface area contributed by atoms with Gasteiger partial charge in [-0.15, -0.1) is 12.3 Å². The minimum atomic E-state index is 0.832. The first-order chi connectivity index (χ1) is 6.38. The normalized spacial score (nSPS) is 9.23. The molecule has 0 bridgehead atoms. The summed E-state index contributed by atoms with van der Waals surface area (Å²) in [5.74, 6) is 0. The molecule has 3 nitrogen and oxygen atoms in total. The number of H-pyrrole nitrogens is 1. The third kappa shape index (κ3) is 2.73. The lowest BCUT2D eigenvalue weighted by Crippen LogP contribution is -1.84. The van der Waals surface area contributed by atoms with Crippen LogP contribution in [0, 0.1) is 0 Å². The summed E-state index contributed by atoms with van der Waals surface area (Å²) in [5.41, 5.74) is 4.72. The van der Waals surface area contributed by atoms with Gasteiger partial charge in [0.1, 0.15) is 5.69 Å². The van der Waals surface area contributed by atoms with Crippen LogP contribution in [0.5, 0.6) is 0 Å². The molecule has 1 aromatic rings. The molecule has 0 unspecified atom stereocenters.